The maximum absolute atomic E-state index is 5.92. The summed E-state index contributed by atoms with van der Waals surface area (Å²) in [7, 11) is 0. The van der Waals surface area contributed by atoms with Crippen LogP contribution in [0, 0.1) is 6.92 Å². The van der Waals surface area contributed by atoms with E-state index in [2.05, 4.69) is 57.8 Å². The summed E-state index contributed by atoms with van der Waals surface area (Å²) in [5, 5.41) is 0. The molecule has 20 heavy (non-hydrogen) atoms. The van der Waals surface area contributed by atoms with Gasteiger partial charge in [-0.05, 0) is 48.9 Å². The Kier molecular flexibility index (Phi) is 3.81. The van der Waals surface area contributed by atoms with E-state index < -0.39 is 0 Å². The van der Waals surface area contributed by atoms with Gasteiger partial charge in [-0.15, -0.1) is 11.6 Å². The first-order valence-corrected chi connectivity index (χ1v) is 7.81. The molecule has 0 aliphatic heterocycles. The van der Waals surface area contributed by atoms with Gasteiger partial charge in [-0.25, -0.2) is 4.98 Å². The van der Waals surface area contributed by atoms with E-state index in [-0.39, 0.29) is 0 Å². The van der Waals surface area contributed by atoms with Gasteiger partial charge in [-0.3, -0.25) is 4.57 Å². The highest BCUT2D eigenvalue weighted by atomic mass is 79.9. The SMILES string of the molecule is Cc1ccc2c(c1)nc(CCCl)n2-c1ccc(Br)cc1. The van der Waals surface area contributed by atoms with Crippen LogP contribution in [0.3, 0.4) is 0 Å². The van der Waals surface area contributed by atoms with E-state index in [0.29, 0.717) is 5.88 Å². The van der Waals surface area contributed by atoms with Crippen LogP contribution in [0.2, 0.25) is 0 Å². The molecule has 0 saturated heterocycles. The summed E-state index contributed by atoms with van der Waals surface area (Å²) in [6, 6.07) is 14.6. The molecule has 0 saturated carbocycles. The number of halogens is 2. The zero-order valence-electron chi connectivity index (χ0n) is 11.1. The maximum atomic E-state index is 5.92. The fourth-order valence-corrected chi connectivity index (χ4v) is 2.80. The van der Waals surface area contributed by atoms with Crippen molar-refractivity contribution in [3.05, 3.63) is 58.3 Å². The summed E-state index contributed by atoms with van der Waals surface area (Å²) in [5.74, 6) is 1.57. The number of rotatable bonds is 3. The third kappa shape index (κ3) is 2.48. The Morgan fingerprint density at radius 3 is 2.60 bits per heavy atom. The van der Waals surface area contributed by atoms with Gasteiger partial charge < -0.3 is 0 Å². The third-order valence-corrected chi connectivity index (χ3v) is 4.00. The molecule has 0 spiro atoms. The monoisotopic (exact) mass is 348 g/mol. The molecule has 0 aliphatic carbocycles. The fourth-order valence-electron chi connectivity index (χ4n) is 2.37. The van der Waals surface area contributed by atoms with E-state index in [1.165, 1.54) is 5.56 Å². The lowest BCUT2D eigenvalue weighted by atomic mass is 10.2. The second-order valence-corrected chi connectivity index (χ2v) is 6.06. The van der Waals surface area contributed by atoms with Gasteiger partial charge in [0.15, 0.2) is 0 Å². The maximum Gasteiger partial charge on any atom is 0.115 e. The molecule has 0 unspecified atom stereocenters. The normalized spacial score (nSPS) is 11.2. The van der Waals surface area contributed by atoms with Crippen molar-refractivity contribution in [3.8, 4) is 5.69 Å². The summed E-state index contributed by atoms with van der Waals surface area (Å²) in [4.78, 5) is 4.73. The van der Waals surface area contributed by atoms with Crippen molar-refractivity contribution in [1.29, 1.82) is 0 Å². The molecule has 3 rings (SSSR count). The molecule has 0 N–H and O–H groups in total. The van der Waals surface area contributed by atoms with Crippen LogP contribution in [0.5, 0.6) is 0 Å². The predicted molar refractivity (Wildman–Crippen MR) is 87.9 cm³/mol. The Balaban J connectivity index is 2.25. The van der Waals surface area contributed by atoms with E-state index in [9.17, 15) is 0 Å². The Morgan fingerprint density at radius 2 is 1.90 bits per heavy atom. The van der Waals surface area contributed by atoms with Crippen LogP contribution in [0.15, 0.2) is 46.9 Å². The molecule has 0 aliphatic rings. The molecule has 0 fully saturated rings. The fraction of sp³-hybridized carbons (Fsp3) is 0.188. The molecule has 1 aromatic heterocycles. The molecule has 0 amide bonds. The third-order valence-electron chi connectivity index (χ3n) is 3.28. The molecular formula is C16H14BrClN2. The van der Waals surface area contributed by atoms with Gasteiger partial charge >= 0.3 is 0 Å². The Morgan fingerprint density at radius 1 is 1.15 bits per heavy atom. The van der Waals surface area contributed by atoms with Crippen LogP contribution in [-0.2, 0) is 6.42 Å². The van der Waals surface area contributed by atoms with Crippen molar-refractivity contribution in [2.75, 3.05) is 5.88 Å². The van der Waals surface area contributed by atoms with Crippen molar-refractivity contribution in [2.45, 2.75) is 13.3 Å². The Bertz CT molecular complexity index is 747. The highest BCUT2D eigenvalue weighted by Crippen LogP contribution is 2.24. The number of aryl methyl sites for hydroxylation is 2. The first-order chi connectivity index (χ1) is 9.69. The van der Waals surface area contributed by atoms with Crippen LogP contribution in [0.1, 0.15) is 11.4 Å². The summed E-state index contributed by atoms with van der Waals surface area (Å²) >= 11 is 9.39. The highest BCUT2D eigenvalue weighted by Gasteiger charge is 2.12. The van der Waals surface area contributed by atoms with E-state index in [1.54, 1.807) is 0 Å². The molecule has 0 radical (unpaired) electrons. The van der Waals surface area contributed by atoms with Crippen molar-refractivity contribution < 1.29 is 0 Å². The minimum Gasteiger partial charge on any atom is -0.296 e. The molecule has 0 bridgehead atoms. The highest BCUT2D eigenvalue weighted by molar-refractivity contribution is 9.10. The summed E-state index contributed by atoms with van der Waals surface area (Å²) in [5.41, 5.74) is 4.47. The summed E-state index contributed by atoms with van der Waals surface area (Å²) < 4.78 is 3.25. The van der Waals surface area contributed by atoms with Gasteiger partial charge in [0.05, 0.1) is 11.0 Å². The van der Waals surface area contributed by atoms with Gasteiger partial charge in [0.1, 0.15) is 5.82 Å². The van der Waals surface area contributed by atoms with Gasteiger partial charge in [0, 0.05) is 22.5 Å². The zero-order chi connectivity index (χ0) is 14.1. The largest absolute Gasteiger partial charge is 0.296 e. The molecule has 0 atom stereocenters. The van der Waals surface area contributed by atoms with Crippen molar-refractivity contribution in [3.63, 3.8) is 0 Å². The molecule has 2 aromatic carbocycles. The lowest BCUT2D eigenvalue weighted by molar-refractivity contribution is 0.912. The zero-order valence-corrected chi connectivity index (χ0v) is 13.4. The lowest BCUT2D eigenvalue weighted by Gasteiger charge is -2.08. The van der Waals surface area contributed by atoms with Crippen LogP contribution in [0.4, 0.5) is 0 Å². The second-order valence-electron chi connectivity index (χ2n) is 4.77. The van der Waals surface area contributed by atoms with Crippen molar-refractivity contribution >= 4 is 38.6 Å². The van der Waals surface area contributed by atoms with E-state index in [0.717, 1.165) is 33.4 Å². The van der Waals surface area contributed by atoms with Gasteiger partial charge in [0.2, 0.25) is 0 Å². The smallest absolute Gasteiger partial charge is 0.115 e. The molecule has 2 nitrogen and oxygen atoms in total. The average Bonchev–Trinajstić information content (AvgIpc) is 2.77. The first-order valence-electron chi connectivity index (χ1n) is 6.49. The number of benzene rings is 2. The number of imidazole rings is 1. The number of aromatic nitrogens is 2. The first kappa shape index (κ1) is 13.7. The Hall–Kier alpha value is -1.32. The van der Waals surface area contributed by atoms with Gasteiger partial charge in [0.25, 0.3) is 0 Å². The second kappa shape index (κ2) is 5.58. The molecule has 102 valence electrons. The standard InChI is InChI=1S/C16H14BrClN2/c1-11-2-7-15-14(10-11)19-16(8-9-18)20(15)13-5-3-12(17)4-6-13/h2-7,10H,8-9H2,1H3. The lowest BCUT2D eigenvalue weighted by Crippen LogP contribution is -2.02. The van der Waals surface area contributed by atoms with Crippen LogP contribution in [0.25, 0.3) is 16.7 Å². The molecular weight excluding hydrogens is 336 g/mol. The number of hydrogen-bond acceptors (Lipinski definition) is 1. The number of fused-ring (bicyclic) bond motifs is 1. The topological polar surface area (TPSA) is 17.8 Å². The van der Waals surface area contributed by atoms with Gasteiger partial charge in [-0.2, -0.15) is 0 Å². The minimum atomic E-state index is 0.568. The van der Waals surface area contributed by atoms with Crippen molar-refractivity contribution in [1.82, 2.24) is 9.55 Å². The van der Waals surface area contributed by atoms with Crippen molar-refractivity contribution in [2.24, 2.45) is 0 Å². The molecule has 1 heterocycles. The summed E-state index contributed by atoms with van der Waals surface area (Å²) in [6.07, 6.45) is 0.755. The average molecular weight is 350 g/mol. The predicted octanol–water partition coefficient (Wildman–Crippen LogP) is 4.88. The quantitative estimate of drug-likeness (QED) is 0.616. The van der Waals surface area contributed by atoms with Crippen LogP contribution in [-0.4, -0.2) is 15.4 Å². The van der Waals surface area contributed by atoms with E-state index >= 15 is 0 Å². The number of nitrogens with zero attached hydrogens (tertiary/aromatic N) is 2. The van der Waals surface area contributed by atoms with Gasteiger partial charge in [-0.1, -0.05) is 22.0 Å². The number of alkyl halides is 1. The minimum absolute atomic E-state index is 0.568. The molecule has 4 heteroatoms. The summed E-state index contributed by atoms with van der Waals surface area (Å²) in [6.45, 7) is 2.08. The van der Waals surface area contributed by atoms with Crippen LogP contribution < -0.4 is 0 Å². The Labute approximate surface area is 131 Å². The number of hydrogen-bond donors (Lipinski definition) is 0. The van der Waals surface area contributed by atoms with E-state index in [1.807, 2.05) is 12.1 Å². The molecule has 3 aromatic rings. The van der Waals surface area contributed by atoms with Crippen LogP contribution >= 0.6 is 27.5 Å². The van der Waals surface area contributed by atoms with E-state index in [4.69, 9.17) is 16.6 Å².